The van der Waals surface area contributed by atoms with Gasteiger partial charge in [-0.15, -0.1) is 0 Å². The lowest BCUT2D eigenvalue weighted by Gasteiger charge is -2.26. The Balaban J connectivity index is 1.81. The summed E-state index contributed by atoms with van der Waals surface area (Å²) in [4.78, 5) is 25.6. The summed E-state index contributed by atoms with van der Waals surface area (Å²) in [6.07, 6.45) is -1.03. The van der Waals surface area contributed by atoms with Gasteiger partial charge < -0.3 is 9.64 Å². The second kappa shape index (κ2) is 9.41. The largest absolute Gasteiger partial charge is 0.452 e. The minimum atomic E-state index is -3.80. The van der Waals surface area contributed by atoms with E-state index in [1.54, 1.807) is 0 Å². The number of amides is 1. The Morgan fingerprint density at radius 1 is 1.31 bits per heavy atom. The maximum absolute atomic E-state index is 12.4. The molecule has 1 aliphatic heterocycles. The highest BCUT2D eigenvalue weighted by atomic mass is 35.5. The number of sulfonamides is 1. The van der Waals surface area contributed by atoms with E-state index >= 15 is 0 Å². The normalized spacial score (nSPS) is 19.5. The van der Waals surface area contributed by atoms with Crippen molar-refractivity contribution >= 4 is 43.3 Å². The van der Waals surface area contributed by atoms with Gasteiger partial charge in [0, 0.05) is 24.7 Å². The van der Waals surface area contributed by atoms with Crippen molar-refractivity contribution in [3.63, 3.8) is 0 Å². The number of nitrogens with zero attached hydrogens (tertiary/aromatic N) is 1. The molecule has 0 saturated carbocycles. The van der Waals surface area contributed by atoms with Crippen molar-refractivity contribution < 1.29 is 31.2 Å². The molecule has 2 rings (SSSR count). The number of hydrogen-bond acceptors (Lipinski definition) is 7. The van der Waals surface area contributed by atoms with Crippen LogP contribution in [-0.2, 0) is 34.2 Å². The standard InChI is InChI=1S/C17H23ClN2O7S2/c1-12(17(22)20(2)14-8-10-28(23,24)11-14)27-16(21)7-9-19-29(25,26)15-5-3-13(18)4-6-15/h3-6,12,14,19H,7-11H2,1-2H3/t12-,14-/m0/s1. The van der Waals surface area contributed by atoms with Gasteiger partial charge in [-0.2, -0.15) is 0 Å². The monoisotopic (exact) mass is 466 g/mol. The van der Waals surface area contributed by atoms with Gasteiger partial charge in [0.25, 0.3) is 5.91 Å². The average molecular weight is 467 g/mol. The Kier molecular flexibility index (Phi) is 7.66. The zero-order chi connectivity index (χ0) is 21.8. The first-order valence-electron chi connectivity index (χ1n) is 8.83. The van der Waals surface area contributed by atoms with Gasteiger partial charge in [0.2, 0.25) is 10.0 Å². The quantitative estimate of drug-likeness (QED) is 0.555. The second-order valence-corrected chi connectivity index (χ2v) is 11.2. The molecule has 1 fully saturated rings. The number of sulfone groups is 1. The molecule has 0 spiro atoms. The van der Waals surface area contributed by atoms with Gasteiger partial charge in [-0.1, -0.05) is 11.6 Å². The molecule has 162 valence electrons. The first-order chi connectivity index (χ1) is 13.4. The SMILES string of the molecule is C[C@H](OC(=O)CCNS(=O)(=O)c1ccc(Cl)cc1)C(=O)N(C)[C@H]1CCS(=O)(=O)C1. The number of carbonyl (C=O) groups is 2. The van der Waals surface area contributed by atoms with Gasteiger partial charge in [0.15, 0.2) is 15.9 Å². The summed E-state index contributed by atoms with van der Waals surface area (Å²) in [5.74, 6) is -1.35. The number of benzene rings is 1. The van der Waals surface area contributed by atoms with Crippen molar-refractivity contribution in [1.82, 2.24) is 9.62 Å². The number of rotatable bonds is 8. The predicted octanol–water partition coefficient (Wildman–Crippen LogP) is 0.586. The summed E-state index contributed by atoms with van der Waals surface area (Å²) in [7, 11) is -5.48. The minimum absolute atomic E-state index is 0.00644. The van der Waals surface area contributed by atoms with Gasteiger partial charge in [-0.05, 0) is 37.6 Å². The highest BCUT2D eigenvalue weighted by molar-refractivity contribution is 7.91. The molecule has 1 saturated heterocycles. The summed E-state index contributed by atoms with van der Waals surface area (Å²) in [5, 5.41) is 0.395. The van der Waals surface area contributed by atoms with E-state index in [4.69, 9.17) is 16.3 Å². The van der Waals surface area contributed by atoms with Gasteiger partial charge in [0.05, 0.1) is 22.8 Å². The van der Waals surface area contributed by atoms with Crippen LogP contribution in [-0.4, -0.2) is 70.9 Å². The van der Waals surface area contributed by atoms with Crippen LogP contribution in [0.1, 0.15) is 19.8 Å². The molecule has 9 nitrogen and oxygen atoms in total. The highest BCUT2D eigenvalue weighted by Gasteiger charge is 2.34. The van der Waals surface area contributed by atoms with Crippen LogP contribution in [0.4, 0.5) is 0 Å². The molecule has 0 unspecified atom stereocenters. The number of ether oxygens (including phenoxy) is 1. The number of carbonyl (C=O) groups excluding carboxylic acids is 2. The van der Waals surface area contributed by atoms with Crippen LogP contribution >= 0.6 is 11.6 Å². The Hall–Kier alpha value is -1.69. The van der Waals surface area contributed by atoms with Crippen LogP contribution in [0.5, 0.6) is 0 Å². The first kappa shape index (κ1) is 23.6. The molecule has 0 aliphatic carbocycles. The Labute approximate surface area is 175 Å². The fraction of sp³-hybridized carbons (Fsp3) is 0.529. The molecule has 1 heterocycles. The van der Waals surface area contributed by atoms with Crippen LogP contribution in [0.25, 0.3) is 0 Å². The molecule has 29 heavy (non-hydrogen) atoms. The Morgan fingerprint density at radius 3 is 2.48 bits per heavy atom. The van der Waals surface area contributed by atoms with Gasteiger partial charge >= 0.3 is 5.97 Å². The lowest BCUT2D eigenvalue weighted by molar-refractivity contribution is -0.159. The van der Waals surface area contributed by atoms with E-state index in [9.17, 15) is 26.4 Å². The third-order valence-corrected chi connectivity index (χ3v) is 7.98. The van der Waals surface area contributed by atoms with Crippen molar-refractivity contribution in [3.8, 4) is 0 Å². The number of esters is 1. The average Bonchev–Trinajstić information content (AvgIpc) is 3.00. The summed E-state index contributed by atoms with van der Waals surface area (Å²) >= 11 is 5.72. The lowest BCUT2D eigenvalue weighted by atomic mass is 10.2. The van der Waals surface area contributed by atoms with Gasteiger partial charge in [-0.3, -0.25) is 9.59 Å². The summed E-state index contributed by atoms with van der Waals surface area (Å²) in [6.45, 7) is 1.18. The van der Waals surface area contributed by atoms with Crippen molar-refractivity contribution in [2.75, 3.05) is 25.1 Å². The fourth-order valence-electron chi connectivity index (χ4n) is 2.84. The topological polar surface area (TPSA) is 127 Å². The summed E-state index contributed by atoms with van der Waals surface area (Å²) in [5.41, 5.74) is 0. The van der Waals surface area contributed by atoms with Crippen molar-refractivity contribution in [1.29, 1.82) is 0 Å². The molecule has 1 aromatic carbocycles. The van der Waals surface area contributed by atoms with E-state index in [0.29, 0.717) is 11.4 Å². The lowest BCUT2D eigenvalue weighted by Crippen LogP contribution is -2.44. The third kappa shape index (κ3) is 6.66. The van der Waals surface area contributed by atoms with Gasteiger partial charge in [-0.25, -0.2) is 21.6 Å². The molecular formula is C17H23ClN2O7S2. The molecule has 1 amide bonds. The Bertz CT molecular complexity index is 962. The van der Waals surface area contributed by atoms with Crippen LogP contribution in [0.15, 0.2) is 29.2 Å². The first-order valence-corrected chi connectivity index (χ1v) is 12.5. The van der Waals surface area contributed by atoms with E-state index in [1.165, 1.54) is 43.1 Å². The van der Waals surface area contributed by atoms with E-state index in [-0.39, 0.29) is 29.4 Å². The molecule has 0 radical (unpaired) electrons. The van der Waals surface area contributed by atoms with Crippen LogP contribution in [0.3, 0.4) is 0 Å². The van der Waals surface area contributed by atoms with E-state index in [2.05, 4.69) is 4.72 Å². The molecule has 2 atom stereocenters. The number of likely N-dealkylation sites (N-methyl/N-ethyl adjacent to an activating group) is 1. The van der Waals surface area contributed by atoms with E-state index in [1.807, 2.05) is 0 Å². The minimum Gasteiger partial charge on any atom is -0.452 e. The van der Waals surface area contributed by atoms with Gasteiger partial charge in [0.1, 0.15) is 0 Å². The molecule has 1 aliphatic rings. The number of halogens is 1. The van der Waals surface area contributed by atoms with Crippen molar-refractivity contribution in [3.05, 3.63) is 29.3 Å². The van der Waals surface area contributed by atoms with E-state index < -0.39 is 43.9 Å². The molecule has 1 aromatic rings. The number of nitrogens with one attached hydrogen (secondary N) is 1. The maximum atomic E-state index is 12.4. The zero-order valence-corrected chi connectivity index (χ0v) is 18.4. The number of hydrogen-bond donors (Lipinski definition) is 1. The predicted molar refractivity (Wildman–Crippen MR) is 107 cm³/mol. The zero-order valence-electron chi connectivity index (χ0n) is 16.0. The van der Waals surface area contributed by atoms with Crippen LogP contribution in [0.2, 0.25) is 5.02 Å². The van der Waals surface area contributed by atoms with Crippen molar-refractivity contribution in [2.45, 2.75) is 36.8 Å². The second-order valence-electron chi connectivity index (χ2n) is 6.74. The Morgan fingerprint density at radius 2 is 1.93 bits per heavy atom. The summed E-state index contributed by atoms with van der Waals surface area (Å²) < 4.78 is 54.7. The molecule has 0 aromatic heterocycles. The fourth-order valence-corrected chi connectivity index (χ4v) is 5.77. The van der Waals surface area contributed by atoms with E-state index in [0.717, 1.165) is 0 Å². The third-order valence-electron chi connectivity index (χ3n) is 4.50. The van der Waals surface area contributed by atoms with Crippen molar-refractivity contribution in [2.24, 2.45) is 0 Å². The molecule has 12 heteroatoms. The summed E-state index contributed by atoms with van der Waals surface area (Å²) in [6, 6.07) is 5.10. The highest BCUT2D eigenvalue weighted by Crippen LogP contribution is 2.18. The molecular weight excluding hydrogens is 444 g/mol. The molecule has 0 bridgehead atoms. The molecule has 1 N–H and O–H groups in total. The maximum Gasteiger partial charge on any atom is 0.307 e. The van der Waals surface area contributed by atoms with Crippen LogP contribution < -0.4 is 4.72 Å². The van der Waals surface area contributed by atoms with Crippen LogP contribution in [0, 0.1) is 0 Å². The smallest absolute Gasteiger partial charge is 0.307 e.